The number of anilines is 5. The molecule has 1 aromatic heterocycles. The largest absolute Gasteiger partial charge is 0.494 e. The van der Waals surface area contributed by atoms with Gasteiger partial charge in [0.2, 0.25) is 11.9 Å². The monoisotopic (exact) mass is 540 g/mol. The molecule has 0 atom stereocenters. The van der Waals surface area contributed by atoms with Gasteiger partial charge in [-0.15, -0.1) is 0 Å². The Morgan fingerprint density at radius 1 is 1.05 bits per heavy atom. The summed E-state index contributed by atoms with van der Waals surface area (Å²) in [5.74, 6) is 1.18. The van der Waals surface area contributed by atoms with Crippen molar-refractivity contribution in [2.75, 3.05) is 48.8 Å². The highest BCUT2D eigenvalue weighted by Gasteiger charge is 2.23. The Bertz CT molecular complexity index is 1330. The van der Waals surface area contributed by atoms with Crippen molar-refractivity contribution in [1.82, 2.24) is 20.3 Å². The second-order valence-electron chi connectivity index (χ2n) is 9.36. The molecule has 5 N–H and O–H groups in total. The third-order valence-electron chi connectivity index (χ3n) is 6.50. The average Bonchev–Trinajstić information content (AvgIpc) is 2.93. The van der Waals surface area contributed by atoms with Gasteiger partial charge in [-0.2, -0.15) is 4.98 Å². The Balaban J connectivity index is 1.48. The Kier molecular flexibility index (Phi) is 8.97. The first-order chi connectivity index (χ1) is 18.3. The van der Waals surface area contributed by atoms with Crippen molar-refractivity contribution in [3.8, 4) is 5.75 Å². The van der Waals surface area contributed by atoms with Crippen molar-refractivity contribution < 1.29 is 13.2 Å². The van der Waals surface area contributed by atoms with Gasteiger partial charge in [-0.25, -0.2) is 18.4 Å². The number of hydrogen-bond donors (Lipinski definition) is 4. The fourth-order valence-electron chi connectivity index (χ4n) is 4.34. The molecule has 38 heavy (non-hydrogen) atoms. The number of aromatic nitrogens is 3. The summed E-state index contributed by atoms with van der Waals surface area (Å²) in [6, 6.07) is 13.2. The number of nitrogens with one attached hydrogen (secondary N) is 3. The van der Waals surface area contributed by atoms with Crippen LogP contribution in [0, 0.1) is 0 Å². The summed E-state index contributed by atoms with van der Waals surface area (Å²) in [6.07, 6.45) is 3.48. The number of ether oxygens (including phenoxy) is 1. The molecule has 204 valence electrons. The van der Waals surface area contributed by atoms with Gasteiger partial charge in [0, 0.05) is 44.0 Å². The molecule has 1 fully saturated rings. The van der Waals surface area contributed by atoms with E-state index in [0.29, 0.717) is 35.7 Å². The van der Waals surface area contributed by atoms with E-state index in [9.17, 15) is 8.42 Å². The zero-order valence-corrected chi connectivity index (χ0v) is 22.8. The fourth-order valence-corrected chi connectivity index (χ4v) is 5.54. The van der Waals surface area contributed by atoms with Gasteiger partial charge in [0.1, 0.15) is 12.1 Å². The van der Waals surface area contributed by atoms with Crippen molar-refractivity contribution >= 4 is 38.8 Å². The van der Waals surface area contributed by atoms with Crippen LogP contribution in [-0.4, -0.2) is 68.0 Å². The number of benzene rings is 2. The minimum Gasteiger partial charge on any atom is -0.494 e. The van der Waals surface area contributed by atoms with Gasteiger partial charge >= 0.3 is 0 Å². The molecule has 0 radical (unpaired) electrons. The zero-order chi connectivity index (χ0) is 27.1. The van der Waals surface area contributed by atoms with Crippen LogP contribution in [0.5, 0.6) is 5.75 Å². The summed E-state index contributed by atoms with van der Waals surface area (Å²) in [6.45, 7) is 6.70. The number of para-hydroxylation sites is 1. The van der Waals surface area contributed by atoms with Crippen molar-refractivity contribution in [1.29, 1.82) is 0 Å². The maximum atomic E-state index is 12.8. The highest BCUT2D eigenvalue weighted by Crippen LogP contribution is 2.33. The second-order valence-corrected chi connectivity index (χ2v) is 11.8. The molecule has 2 aromatic carbocycles. The van der Waals surface area contributed by atoms with E-state index >= 15 is 0 Å². The summed E-state index contributed by atoms with van der Waals surface area (Å²) in [4.78, 5) is 15.4. The van der Waals surface area contributed by atoms with Gasteiger partial charge in [0.05, 0.1) is 28.6 Å². The number of methoxy groups -OCH3 is 1. The van der Waals surface area contributed by atoms with E-state index < -0.39 is 15.1 Å². The molecule has 12 heteroatoms. The Morgan fingerprint density at radius 2 is 1.74 bits per heavy atom. The van der Waals surface area contributed by atoms with Crippen molar-refractivity contribution in [3.63, 3.8) is 0 Å². The SMILES string of the molecule is COc1cc(N2CCC(NCCN)CC2)ccc1Nc1ncnc(Nc2ccccc2S(=O)(=O)C(C)C)n1. The molecule has 0 spiro atoms. The highest BCUT2D eigenvalue weighted by molar-refractivity contribution is 7.92. The normalized spacial score (nSPS) is 14.5. The number of rotatable bonds is 11. The molecule has 3 aromatic rings. The first-order valence-electron chi connectivity index (χ1n) is 12.7. The Morgan fingerprint density at radius 3 is 2.39 bits per heavy atom. The van der Waals surface area contributed by atoms with E-state index in [4.69, 9.17) is 10.5 Å². The minimum atomic E-state index is -3.49. The molecule has 2 heterocycles. The maximum absolute atomic E-state index is 12.8. The Labute approximate surface area is 224 Å². The number of nitrogens with two attached hydrogens (primary N) is 1. The van der Waals surface area contributed by atoms with Crippen LogP contribution in [0.1, 0.15) is 26.7 Å². The molecule has 0 bridgehead atoms. The number of piperidine rings is 1. The van der Waals surface area contributed by atoms with Gasteiger partial charge < -0.3 is 31.3 Å². The topological polar surface area (TPSA) is 147 Å². The van der Waals surface area contributed by atoms with Crippen LogP contribution in [0.2, 0.25) is 0 Å². The molecule has 1 aliphatic rings. The van der Waals surface area contributed by atoms with Crippen molar-refractivity contribution in [2.24, 2.45) is 5.73 Å². The molecule has 0 aliphatic carbocycles. The highest BCUT2D eigenvalue weighted by atomic mass is 32.2. The number of nitrogens with zero attached hydrogens (tertiary/aromatic N) is 4. The van der Waals surface area contributed by atoms with Gasteiger partial charge in [-0.1, -0.05) is 12.1 Å². The van der Waals surface area contributed by atoms with Crippen LogP contribution in [0.25, 0.3) is 0 Å². The zero-order valence-electron chi connectivity index (χ0n) is 22.0. The van der Waals surface area contributed by atoms with E-state index in [1.807, 2.05) is 18.2 Å². The predicted octanol–water partition coefficient (Wildman–Crippen LogP) is 3.07. The lowest BCUT2D eigenvalue weighted by atomic mass is 10.0. The second kappa shape index (κ2) is 12.4. The lowest BCUT2D eigenvalue weighted by Crippen LogP contribution is -2.43. The molecule has 0 saturated carbocycles. The van der Waals surface area contributed by atoms with E-state index in [1.165, 1.54) is 6.33 Å². The predicted molar refractivity (Wildman–Crippen MR) is 150 cm³/mol. The van der Waals surface area contributed by atoms with Crippen LogP contribution in [0.15, 0.2) is 53.7 Å². The average molecular weight is 541 g/mol. The van der Waals surface area contributed by atoms with E-state index in [2.05, 4.69) is 35.8 Å². The lowest BCUT2D eigenvalue weighted by Gasteiger charge is -2.34. The molecule has 4 rings (SSSR count). The van der Waals surface area contributed by atoms with Crippen LogP contribution < -0.4 is 31.3 Å². The van der Waals surface area contributed by atoms with Gasteiger partial charge in [-0.3, -0.25) is 0 Å². The standard InChI is InChI=1S/C26H36N8O3S/c1-18(2)38(35,36)24-7-5-4-6-22(24)32-26-30-17-29-25(33-26)31-21-9-8-20(16-23(21)37-3)34-14-10-19(11-15-34)28-13-12-27/h4-9,16-19,28H,10-15,27H2,1-3H3,(H2,29,30,31,32,33). The molecule has 0 amide bonds. The van der Waals surface area contributed by atoms with Gasteiger partial charge in [0.25, 0.3) is 0 Å². The summed E-state index contributed by atoms with van der Waals surface area (Å²) in [5, 5.41) is 9.15. The first kappa shape index (κ1) is 27.6. The third-order valence-corrected chi connectivity index (χ3v) is 8.71. The lowest BCUT2D eigenvalue weighted by molar-refractivity contribution is 0.412. The Hall–Kier alpha value is -3.48. The summed E-state index contributed by atoms with van der Waals surface area (Å²) < 4.78 is 31.2. The molecular formula is C26H36N8O3S. The molecular weight excluding hydrogens is 504 g/mol. The van der Waals surface area contributed by atoms with Crippen molar-refractivity contribution in [2.45, 2.75) is 42.9 Å². The van der Waals surface area contributed by atoms with Gasteiger partial charge in [0.15, 0.2) is 9.84 Å². The van der Waals surface area contributed by atoms with E-state index in [1.54, 1.807) is 45.2 Å². The van der Waals surface area contributed by atoms with E-state index in [-0.39, 0.29) is 10.8 Å². The quantitative estimate of drug-likeness (QED) is 0.284. The summed E-state index contributed by atoms with van der Waals surface area (Å²) in [5.41, 5.74) is 7.81. The summed E-state index contributed by atoms with van der Waals surface area (Å²) >= 11 is 0. The van der Waals surface area contributed by atoms with Crippen LogP contribution in [0.3, 0.4) is 0 Å². The smallest absolute Gasteiger partial charge is 0.232 e. The molecule has 1 aliphatic heterocycles. The van der Waals surface area contributed by atoms with Gasteiger partial charge in [-0.05, 0) is 51.0 Å². The maximum Gasteiger partial charge on any atom is 0.232 e. The number of hydrogen-bond acceptors (Lipinski definition) is 11. The molecule has 1 saturated heterocycles. The number of sulfone groups is 1. The van der Waals surface area contributed by atoms with Crippen LogP contribution in [0.4, 0.5) is 29.0 Å². The summed E-state index contributed by atoms with van der Waals surface area (Å²) in [7, 11) is -1.87. The third kappa shape index (κ3) is 6.50. The van der Waals surface area contributed by atoms with E-state index in [0.717, 1.165) is 38.2 Å². The van der Waals surface area contributed by atoms with Crippen molar-refractivity contribution in [3.05, 3.63) is 48.8 Å². The fraction of sp³-hybridized carbons (Fsp3) is 0.423. The minimum absolute atomic E-state index is 0.196. The molecule has 11 nitrogen and oxygen atoms in total. The molecule has 0 unspecified atom stereocenters. The van der Waals surface area contributed by atoms with Crippen LogP contribution in [-0.2, 0) is 9.84 Å². The van der Waals surface area contributed by atoms with Crippen LogP contribution >= 0.6 is 0 Å². The first-order valence-corrected chi connectivity index (χ1v) is 14.3.